The molecule has 0 spiro atoms. The van der Waals surface area contributed by atoms with E-state index in [0.717, 1.165) is 56.0 Å². The van der Waals surface area contributed by atoms with Crippen LogP contribution in [0.3, 0.4) is 0 Å². The summed E-state index contributed by atoms with van der Waals surface area (Å²) in [6.45, 7) is 8.60. The molecule has 0 aliphatic rings. The van der Waals surface area contributed by atoms with E-state index >= 15 is 0 Å². The molecule has 1 atom stereocenters. The third-order valence-corrected chi connectivity index (χ3v) is 4.27. The van der Waals surface area contributed by atoms with Crippen LogP contribution >= 0.6 is 24.0 Å². The number of aliphatic imine (C=N–C) groups is 1. The van der Waals surface area contributed by atoms with Crippen molar-refractivity contribution in [3.05, 3.63) is 29.8 Å². The molecule has 0 saturated heterocycles. The molecular formula is C21H37IN4O2. The van der Waals surface area contributed by atoms with Crippen LogP contribution in [0.5, 0.6) is 0 Å². The Kier molecular flexibility index (Phi) is 15.8. The molecule has 7 heteroatoms. The van der Waals surface area contributed by atoms with Crippen LogP contribution in [0.4, 0.5) is 5.69 Å². The van der Waals surface area contributed by atoms with Crippen molar-refractivity contribution in [3.8, 4) is 0 Å². The van der Waals surface area contributed by atoms with Crippen molar-refractivity contribution < 1.29 is 9.90 Å². The smallest absolute Gasteiger partial charge is 0.224 e. The largest absolute Gasteiger partial charge is 0.396 e. The summed E-state index contributed by atoms with van der Waals surface area (Å²) in [5, 5.41) is 18.7. The van der Waals surface area contributed by atoms with E-state index in [2.05, 4.69) is 27.9 Å². The Morgan fingerprint density at radius 1 is 1.07 bits per heavy atom. The first-order valence-electron chi connectivity index (χ1n) is 10.1. The Morgan fingerprint density at radius 2 is 1.79 bits per heavy atom. The van der Waals surface area contributed by atoms with Crippen molar-refractivity contribution in [1.29, 1.82) is 0 Å². The highest BCUT2D eigenvalue weighted by Gasteiger charge is 2.08. The lowest BCUT2D eigenvalue weighted by Gasteiger charge is -2.18. The Balaban J connectivity index is 0.00000729. The normalized spacial score (nSPS) is 12.1. The Labute approximate surface area is 187 Å². The van der Waals surface area contributed by atoms with E-state index in [0.29, 0.717) is 18.9 Å². The molecule has 0 heterocycles. The lowest BCUT2D eigenvalue weighted by Crippen LogP contribution is -2.40. The van der Waals surface area contributed by atoms with Crippen LogP contribution in [-0.4, -0.2) is 36.7 Å². The van der Waals surface area contributed by atoms with Crippen LogP contribution < -0.4 is 16.0 Å². The second-order valence-electron chi connectivity index (χ2n) is 6.74. The fraction of sp³-hybridized carbons (Fsp3) is 0.619. The summed E-state index contributed by atoms with van der Waals surface area (Å²) in [6.07, 6.45) is 4.40. The van der Waals surface area contributed by atoms with Crippen LogP contribution in [0.1, 0.15) is 58.4 Å². The molecule has 4 N–H and O–H groups in total. The zero-order valence-electron chi connectivity index (χ0n) is 17.5. The summed E-state index contributed by atoms with van der Waals surface area (Å²) in [5.41, 5.74) is 1.90. The number of guanidine groups is 1. The van der Waals surface area contributed by atoms with Crippen LogP contribution in [0.2, 0.25) is 0 Å². The molecule has 0 aliphatic heterocycles. The molecule has 0 radical (unpaired) electrons. The lowest BCUT2D eigenvalue weighted by molar-refractivity contribution is -0.116. The molecule has 160 valence electrons. The third-order valence-electron chi connectivity index (χ3n) is 4.27. The molecule has 0 fully saturated rings. The van der Waals surface area contributed by atoms with E-state index in [1.807, 2.05) is 38.1 Å². The first-order valence-corrected chi connectivity index (χ1v) is 10.1. The predicted octanol–water partition coefficient (Wildman–Crippen LogP) is 3.90. The number of halogens is 1. The van der Waals surface area contributed by atoms with E-state index in [1.54, 1.807) is 0 Å². The van der Waals surface area contributed by atoms with E-state index in [-0.39, 0.29) is 36.5 Å². The molecule has 6 nitrogen and oxygen atoms in total. The molecule has 0 saturated carbocycles. The SMILES string of the molecule is CCCC(=O)Nc1ccc(CN=C(NCC)NCC(CCC)CCO)cc1.I. The second kappa shape index (κ2) is 16.6. The van der Waals surface area contributed by atoms with Crippen molar-refractivity contribution in [2.45, 2.75) is 59.4 Å². The monoisotopic (exact) mass is 504 g/mol. The molecule has 0 aliphatic carbocycles. The van der Waals surface area contributed by atoms with Gasteiger partial charge in [0.25, 0.3) is 0 Å². The minimum absolute atomic E-state index is 0. The molecule has 0 bridgehead atoms. The molecule has 1 unspecified atom stereocenters. The highest BCUT2D eigenvalue weighted by atomic mass is 127. The number of benzene rings is 1. The summed E-state index contributed by atoms with van der Waals surface area (Å²) in [6, 6.07) is 7.80. The molecule has 28 heavy (non-hydrogen) atoms. The minimum atomic E-state index is 0. The standard InChI is InChI=1S/C21H36N4O2.HI/c1-4-7-17(13-14-26)15-23-21(22-6-3)24-16-18-9-11-19(12-10-18)25-20(27)8-5-2;/h9-12,17,26H,4-8,13-16H2,1-3H3,(H,25,27)(H2,22,23,24);1H. The van der Waals surface area contributed by atoms with Crippen LogP contribution in [0, 0.1) is 5.92 Å². The molecule has 1 amide bonds. The number of nitrogens with zero attached hydrogens (tertiary/aromatic N) is 1. The number of carbonyl (C=O) groups is 1. The van der Waals surface area contributed by atoms with Gasteiger partial charge < -0.3 is 21.1 Å². The number of nitrogens with one attached hydrogen (secondary N) is 3. The van der Waals surface area contributed by atoms with Crippen LogP contribution in [0.15, 0.2) is 29.3 Å². The summed E-state index contributed by atoms with van der Waals surface area (Å²) in [5.74, 6) is 1.29. The van der Waals surface area contributed by atoms with Gasteiger partial charge in [-0.25, -0.2) is 4.99 Å². The van der Waals surface area contributed by atoms with Crippen molar-refractivity contribution in [3.63, 3.8) is 0 Å². The first-order chi connectivity index (χ1) is 13.1. The van der Waals surface area contributed by atoms with E-state index in [9.17, 15) is 9.90 Å². The van der Waals surface area contributed by atoms with Gasteiger partial charge in [-0.05, 0) is 49.8 Å². The molecular weight excluding hydrogens is 467 g/mol. The molecule has 1 aromatic rings. The van der Waals surface area contributed by atoms with E-state index in [1.165, 1.54) is 0 Å². The second-order valence-corrected chi connectivity index (χ2v) is 6.74. The minimum Gasteiger partial charge on any atom is -0.396 e. The van der Waals surface area contributed by atoms with Crippen molar-refractivity contribution >= 4 is 41.5 Å². The van der Waals surface area contributed by atoms with Crippen molar-refractivity contribution in [2.75, 3.05) is 25.0 Å². The number of rotatable bonds is 12. The van der Waals surface area contributed by atoms with Crippen LogP contribution in [0.25, 0.3) is 0 Å². The van der Waals surface area contributed by atoms with E-state index in [4.69, 9.17) is 0 Å². The molecule has 0 aromatic heterocycles. The Hall–Kier alpha value is -1.35. The number of carbonyl (C=O) groups excluding carboxylic acids is 1. The maximum atomic E-state index is 11.6. The van der Waals surface area contributed by atoms with Gasteiger partial charge >= 0.3 is 0 Å². The summed E-state index contributed by atoms with van der Waals surface area (Å²) < 4.78 is 0. The number of hydrogen-bond acceptors (Lipinski definition) is 3. The number of hydrogen-bond donors (Lipinski definition) is 4. The number of anilines is 1. The van der Waals surface area contributed by atoms with Gasteiger partial charge in [-0.1, -0.05) is 32.4 Å². The predicted molar refractivity (Wildman–Crippen MR) is 128 cm³/mol. The average Bonchev–Trinajstić information content (AvgIpc) is 2.65. The first kappa shape index (κ1) is 26.6. The zero-order chi connectivity index (χ0) is 19.9. The van der Waals surface area contributed by atoms with Gasteiger partial charge in [-0.15, -0.1) is 24.0 Å². The van der Waals surface area contributed by atoms with Gasteiger partial charge in [0.15, 0.2) is 5.96 Å². The molecule has 1 aromatic carbocycles. The topological polar surface area (TPSA) is 85.8 Å². The van der Waals surface area contributed by atoms with Crippen molar-refractivity contribution in [2.24, 2.45) is 10.9 Å². The van der Waals surface area contributed by atoms with Gasteiger partial charge in [-0.3, -0.25) is 4.79 Å². The van der Waals surface area contributed by atoms with E-state index < -0.39 is 0 Å². The van der Waals surface area contributed by atoms with Gasteiger partial charge in [0.1, 0.15) is 0 Å². The average molecular weight is 504 g/mol. The Bertz CT molecular complexity index is 558. The highest BCUT2D eigenvalue weighted by Crippen LogP contribution is 2.12. The summed E-state index contributed by atoms with van der Waals surface area (Å²) in [7, 11) is 0. The fourth-order valence-corrected chi connectivity index (χ4v) is 2.84. The quantitative estimate of drug-likeness (QED) is 0.198. The maximum absolute atomic E-state index is 11.6. The van der Waals surface area contributed by atoms with Gasteiger partial charge in [0.05, 0.1) is 6.54 Å². The van der Waals surface area contributed by atoms with Gasteiger partial charge in [0, 0.05) is 31.8 Å². The van der Waals surface area contributed by atoms with Crippen molar-refractivity contribution in [1.82, 2.24) is 10.6 Å². The molecule has 1 rings (SSSR count). The number of aliphatic hydroxyl groups is 1. The lowest BCUT2D eigenvalue weighted by atomic mass is 10.0. The fourth-order valence-electron chi connectivity index (χ4n) is 2.84. The third kappa shape index (κ3) is 11.5. The van der Waals surface area contributed by atoms with Crippen LogP contribution in [-0.2, 0) is 11.3 Å². The summed E-state index contributed by atoms with van der Waals surface area (Å²) >= 11 is 0. The maximum Gasteiger partial charge on any atom is 0.224 e. The number of amides is 1. The zero-order valence-corrected chi connectivity index (χ0v) is 19.8. The highest BCUT2D eigenvalue weighted by molar-refractivity contribution is 14.0. The van der Waals surface area contributed by atoms with Gasteiger partial charge in [-0.2, -0.15) is 0 Å². The Morgan fingerprint density at radius 3 is 2.36 bits per heavy atom. The number of aliphatic hydroxyl groups excluding tert-OH is 1. The van der Waals surface area contributed by atoms with Gasteiger partial charge in [0.2, 0.25) is 5.91 Å². The summed E-state index contributed by atoms with van der Waals surface area (Å²) in [4.78, 5) is 16.3.